The molecule has 0 spiro atoms. The molecule has 2 N–H and O–H groups in total. The van der Waals surface area contributed by atoms with Gasteiger partial charge in [-0.3, -0.25) is 14.4 Å². The molecule has 1 aromatic carbocycles. The number of nitrogens with two attached hydrogens (primary N) is 1. The van der Waals surface area contributed by atoms with Crippen LogP contribution in [0, 0.1) is 0 Å². The summed E-state index contributed by atoms with van der Waals surface area (Å²) in [5, 5.41) is 0. The Morgan fingerprint density at radius 3 is 2.52 bits per heavy atom. The van der Waals surface area contributed by atoms with Gasteiger partial charge >= 0.3 is 0 Å². The lowest BCUT2D eigenvalue weighted by molar-refractivity contribution is -0.137. The summed E-state index contributed by atoms with van der Waals surface area (Å²) in [6.07, 6.45) is 5.69. The number of hydrogen-bond acceptors (Lipinski definition) is 3. The van der Waals surface area contributed by atoms with Crippen molar-refractivity contribution in [3.8, 4) is 0 Å². The van der Waals surface area contributed by atoms with E-state index in [9.17, 15) is 14.4 Å². The normalized spacial score (nSPS) is 20.5. The summed E-state index contributed by atoms with van der Waals surface area (Å²) in [6.45, 7) is 1.78. The van der Waals surface area contributed by atoms with Crippen LogP contribution in [0.5, 0.6) is 0 Å². The number of carbonyl (C=O) groups excluding carboxylic acids is 3. The molecular formula is C19H25N3O3. The van der Waals surface area contributed by atoms with Gasteiger partial charge in [-0.25, -0.2) is 0 Å². The molecule has 1 unspecified atom stereocenters. The highest BCUT2D eigenvalue weighted by Crippen LogP contribution is 2.43. The second-order valence-corrected chi connectivity index (χ2v) is 6.90. The van der Waals surface area contributed by atoms with Gasteiger partial charge in [0.25, 0.3) is 5.91 Å². The van der Waals surface area contributed by atoms with Crippen LogP contribution in [0.3, 0.4) is 0 Å². The van der Waals surface area contributed by atoms with Gasteiger partial charge < -0.3 is 15.5 Å². The minimum absolute atomic E-state index is 0.0761. The molecule has 0 bridgehead atoms. The third-order valence-electron chi connectivity index (χ3n) is 5.36. The molecule has 0 aromatic heterocycles. The number of benzene rings is 1. The Hall–Kier alpha value is -2.37. The quantitative estimate of drug-likeness (QED) is 0.911. The van der Waals surface area contributed by atoms with Crippen LogP contribution in [0.2, 0.25) is 0 Å². The smallest absolute Gasteiger partial charge is 0.254 e. The molecule has 1 saturated carbocycles. The zero-order chi connectivity index (χ0) is 18.1. The summed E-state index contributed by atoms with van der Waals surface area (Å²) in [5.41, 5.74) is 7.28. The van der Waals surface area contributed by atoms with E-state index >= 15 is 0 Å². The molecule has 1 heterocycles. The van der Waals surface area contributed by atoms with Crippen molar-refractivity contribution in [1.82, 2.24) is 4.90 Å². The van der Waals surface area contributed by atoms with E-state index in [1.165, 1.54) is 11.3 Å². The van der Waals surface area contributed by atoms with Crippen molar-refractivity contribution >= 4 is 23.4 Å². The average Bonchev–Trinajstić information content (AvgIpc) is 2.92. The molecule has 2 aliphatic rings. The van der Waals surface area contributed by atoms with Crippen LogP contribution in [-0.2, 0) is 9.59 Å². The fourth-order valence-corrected chi connectivity index (χ4v) is 4.01. The van der Waals surface area contributed by atoms with Gasteiger partial charge in [0.15, 0.2) is 0 Å². The van der Waals surface area contributed by atoms with Gasteiger partial charge in [0, 0.05) is 36.3 Å². The largest absolute Gasteiger partial charge is 0.366 e. The van der Waals surface area contributed by atoms with Crippen LogP contribution in [-0.4, -0.2) is 35.7 Å². The monoisotopic (exact) mass is 343 g/mol. The molecule has 0 radical (unpaired) electrons. The van der Waals surface area contributed by atoms with E-state index in [0.717, 1.165) is 31.4 Å². The molecule has 1 fully saturated rings. The lowest BCUT2D eigenvalue weighted by Gasteiger charge is -2.32. The van der Waals surface area contributed by atoms with E-state index in [-0.39, 0.29) is 17.9 Å². The van der Waals surface area contributed by atoms with Crippen molar-refractivity contribution in [1.29, 1.82) is 0 Å². The Morgan fingerprint density at radius 1 is 1.24 bits per heavy atom. The third-order valence-corrected chi connectivity index (χ3v) is 5.36. The van der Waals surface area contributed by atoms with Crippen molar-refractivity contribution in [3.63, 3.8) is 0 Å². The highest BCUT2D eigenvalue weighted by Gasteiger charge is 2.44. The predicted molar refractivity (Wildman–Crippen MR) is 95.1 cm³/mol. The molecule has 3 rings (SSSR count). The average molecular weight is 343 g/mol. The van der Waals surface area contributed by atoms with Gasteiger partial charge in [-0.15, -0.1) is 0 Å². The Labute approximate surface area is 148 Å². The summed E-state index contributed by atoms with van der Waals surface area (Å²) < 4.78 is 0. The van der Waals surface area contributed by atoms with Gasteiger partial charge in [-0.05, 0) is 31.0 Å². The highest BCUT2D eigenvalue weighted by molar-refractivity contribution is 6.07. The maximum atomic E-state index is 13.2. The molecule has 3 amide bonds. The fraction of sp³-hybridized carbons (Fsp3) is 0.526. The second kappa shape index (κ2) is 6.86. The first-order valence-electron chi connectivity index (χ1n) is 8.98. The van der Waals surface area contributed by atoms with E-state index < -0.39 is 11.9 Å². The van der Waals surface area contributed by atoms with Crippen LogP contribution in [0.1, 0.15) is 67.4 Å². The molecule has 25 heavy (non-hydrogen) atoms. The molecule has 1 atom stereocenters. The van der Waals surface area contributed by atoms with Crippen LogP contribution >= 0.6 is 0 Å². The van der Waals surface area contributed by atoms with Crippen molar-refractivity contribution in [3.05, 3.63) is 29.3 Å². The molecule has 6 heteroatoms. The summed E-state index contributed by atoms with van der Waals surface area (Å²) in [5.74, 6) is -0.707. The van der Waals surface area contributed by atoms with E-state index in [4.69, 9.17) is 5.73 Å². The summed E-state index contributed by atoms with van der Waals surface area (Å²) >= 11 is 0. The Morgan fingerprint density at radius 2 is 1.92 bits per heavy atom. The standard InChI is InChI=1S/C19H25N3O3/c1-3-16(23)21(2)17-14-11-12(18(20)24)9-10-15(14)22(19(17)25)13-7-5-4-6-8-13/h9-11,13,17H,3-8H2,1-2H3,(H2,20,24). The van der Waals surface area contributed by atoms with Gasteiger partial charge in [0.1, 0.15) is 6.04 Å². The maximum absolute atomic E-state index is 13.2. The fourth-order valence-electron chi connectivity index (χ4n) is 4.01. The zero-order valence-corrected chi connectivity index (χ0v) is 14.8. The van der Waals surface area contributed by atoms with Gasteiger partial charge in [0.05, 0.1) is 0 Å². The molecule has 1 aliphatic carbocycles. The number of primary amides is 1. The van der Waals surface area contributed by atoms with Crippen LogP contribution in [0.4, 0.5) is 5.69 Å². The number of fused-ring (bicyclic) bond motifs is 1. The number of likely N-dealkylation sites (N-methyl/N-ethyl adjacent to an activating group) is 1. The van der Waals surface area contributed by atoms with Crippen LogP contribution in [0.25, 0.3) is 0 Å². The number of anilines is 1. The third kappa shape index (κ3) is 3.01. The Balaban J connectivity index is 2.06. The minimum atomic E-state index is -0.677. The lowest BCUT2D eigenvalue weighted by Crippen LogP contribution is -2.44. The number of hydrogen-bond donors (Lipinski definition) is 1. The molecular weight excluding hydrogens is 318 g/mol. The van der Waals surface area contributed by atoms with Crippen molar-refractivity contribution in [2.75, 3.05) is 11.9 Å². The summed E-state index contributed by atoms with van der Waals surface area (Å²) in [6, 6.07) is 4.61. The van der Waals surface area contributed by atoms with E-state index in [1.807, 2.05) is 4.90 Å². The zero-order valence-electron chi connectivity index (χ0n) is 14.8. The van der Waals surface area contributed by atoms with Gasteiger partial charge in [-0.2, -0.15) is 0 Å². The Bertz CT molecular complexity index is 710. The van der Waals surface area contributed by atoms with Crippen molar-refractivity contribution in [2.24, 2.45) is 5.73 Å². The molecule has 1 aromatic rings. The van der Waals surface area contributed by atoms with E-state index in [0.29, 0.717) is 17.5 Å². The maximum Gasteiger partial charge on any atom is 0.254 e. The second-order valence-electron chi connectivity index (χ2n) is 6.90. The first-order chi connectivity index (χ1) is 12.0. The Kier molecular flexibility index (Phi) is 4.79. The summed E-state index contributed by atoms with van der Waals surface area (Å²) in [7, 11) is 1.65. The number of nitrogens with zero attached hydrogens (tertiary/aromatic N) is 2. The molecule has 0 saturated heterocycles. The van der Waals surface area contributed by atoms with Gasteiger partial charge in [0.2, 0.25) is 11.8 Å². The highest BCUT2D eigenvalue weighted by atomic mass is 16.2. The lowest BCUT2D eigenvalue weighted by atomic mass is 9.94. The molecule has 6 nitrogen and oxygen atoms in total. The predicted octanol–water partition coefficient (Wildman–Crippen LogP) is 2.37. The van der Waals surface area contributed by atoms with Crippen molar-refractivity contribution < 1.29 is 14.4 Å². The van der Waals surface area contributed by atoms with Gasteiger partial charge in [-0.1, -0.05) is 26.2 Å². The summed E-state index contributed by atoms with van der Waals surface area (Å²) in [4.78, 5) is 40.4. The molecule has 1 aliphatic heterocycles. The van der Waals surface area contributed by atoms with Crippen molar-refractivity contribution in [2.45, 2.75) is 57.5 Å². The van der Waals surface area contributed by atoms with Crippen LogP contribution < -0.4 is 10.6 Å². The minimum Gasteiger partial charge on any atom is -0.366 e. The van der Waals surface area contributed by atoms with E-state index in [2.05, 4.69) is 0 Å². The SMILES string of the molecule is CCC(=O)N(C)C1C(=O)N(C2CCCCC2)c2ccc(C(N)=O)cc21. The molecule has 134 valence electrons. The van der Waals surface area contributed by atoms with Crippen LogP contribution in [0.15, 0.2) is 18.2 Å². The number of amides is 3. The van der Waals surface area contributed by atoms with E-state index in [1.54, 1.807) is 32.2 Å². The number of rotatable bonds is 4. The first kappa shape index (κ1) is 17.5. The topological polar surface area (TPSA) is 83.7 Å². The first-order valence-corrected chi connectivity index (χ1v) is 8.98. The number of carbonyl (C=O) groups is 3.